The molecule has 100 valence electrons. The highest BCUT2D eigenvalue weighted by Gasteiger charge is 2.27. The third-order valence-corrected chi connectivity index (χ3v) is 5.13. The lowest BCUT2D eigenvalue weighted by Crippen LogP contribution is -2.24. The molecule has 1 heterocycles. The fraction of sp³-hybridized carbons (Fsp3) is 0.375. The minimum atomic E-state index is -0.313. The molecule has 0 fully saturated rings. The summed E-state index contributed by atoms with van der Waals surface area (Å²) in [5, 5.41) is 13.4. The normalized spacial score (nSPS) is 20.0. The molecule has 3 heteroatoms. The van der Waals surface area contributed by atoms with Crippen LogP contribution in [0.25, 0.3) is 0 Å². The van der Waals surface area contributed by atoms with Crippen LogP contribution in [0.5, 0.6) is 0 Å². The van der Waals surface area contributed by atoms with Gasteiger partial charge in [-0.25, -0.2) is 0 Å². The predicted molar refractivity (Wildman–Crippen MR) is 81.2 cm³/mol. The van der Waals surface area contributed by atoms with Crippen LogP contribution < -0.4 is 0 Å². The summed E-state index contributed by atoms with van der Waals surface area (Å²) >= 11 is 7.82. The Labute approximate surface area is 122 Å². The first-order chi connectivity index (χ1) is 9.24. The highest BCUT2D eigenvalue weighted by Crippen LogP contribution is 2.37. The molecule has 1 aliphatic carbocycles. The predicted octanol–water partition coefficient (Wildman–Crippen LogP) is 4.43. The second kappa shape index (κ2) is 5.66. The maximum Gasteiger partial charge on any atom is 0.0649 e. The van der Waals surface area contributed by atoms with Crippen LogP contribution in [-0.2, 0) is 12.8 Å². The molecule has 3 rings (SSSR count). The molecule has 0 aliphatic heterocycles. The van der Waals surface area contributed by atoms with Crippen LogP contribution in [0.1, 0.15) is 34.8 Å². The fourth-order valence-electron chi connectivity index (χ4n) is 2.97. The first kappa shape index (κ1) is 13.2. The number of aryl methyl sites for hydroxylation is 1. The molecule has 0 bridgehead atoms. The van der Waals surface area contributed by atoms with E-state index in [1.165, 1.54) is 23.3 Å². The zero-order valence-electron chi connectivity index (χ0n) is 10.7. The van der Waals surface area contributed by atoms with E-state index >= 15 is 0 Å². The molecular weight excluding hydrogens is 276 g/mol. The minimum absolute atomic E-state index is 0.286. The Balaban J connectivity index is 1.77. The molecule has 19 heavy (non-hydrogen) atoms. The summed E-state index contributed by atoms with van der Waals surface area (Å²) in [6, 6.07) is 9.98. The summed E-state index contributed by atoms with van der Waals surface area (Å²) in [6.45, 7) is 0. The van der Waals surface area contributed by atoms with Gasteiger partial charge in [-0.15, -0.1) is 11.3 Å². The maximum absolute atomic E-state index is 10.5. The topological polar surface area (TPSA) is 20.2 Å². The van der Waals surface area contributed by atoms with Crippen LogP contribution in [-0.4, -0.2) is 11.2 Å². The summed E-state index contributed by atoms with van der Waals surface area (Å²) in [6.07, 6.45) is 3.82. The number of hydrogen-bond donors (Lipinski definition) is 1. The average molecular weight is 293 g/mol. The Morgan fingerprint density at radius 3 is 3.11 bits per heavy atom. The van der Waals surface area contributed by atoms with Gasteiger partial charge in [-0.2, -0.15) is 0 Å². The van der Waals surface area contributed by atoms with Crippen molar-refractivity contribution in [1.29, 1.82) is 0 Å². The number of aliphatic hydroxyl groups excluding tert-OH is 1. The quantitative estimate of drug-likeness (QED) is 0.887. The third kappa shape index (κ3) is 2.86. The average Bonchev–Trinajstić information content (AvgIpc) is 2.86. The summed E-state index contributed by atoms with van der Waals surface area (Å²) in [4.78, 5) is 1.46. The van der Waals surface area contributed by atoms with Gasteiger partial charge in [0.2, 0.25) is 0 Å². The smallest absolute Gasteiger partial charge is 0.0649 e. The summed E-state index contributed by atoms with van der Waals surface area (Å²) in [5.41, 5.74) is 2.48. The van der Waals surface area contributed by atoms with Crippen LogP contribution in [0, 0.1) is 0 Å². The van der Waals surface area contributed by atoms with Crippen molar-refractivity contribution in [2.75, 3.05) is 0 Å². The van der Waals surface area contributed by atoms with Gasteiger partial charge in [0.1, 0.15) is 0 Å². The first-order valence-corrected chi connectivity index (χ1v) is 7.98. The lowest BCUT2D eigenvalue weighted by molar-refractivity contribution is 0.135. The summed E-state index contributed by atoms with van der Waals surface area (Å²) < 4.78 is 0. The van der Waals surface area contributed by atoms with E-state index < -0.39 is 0 Å². The van der Waals surface area contributed by atoms with Crippen LogP contribution in [0.15, 0.2) is 35.7 Å². The van der Waals surface area contributed by atoms with E-state index in [-0.39, 0.29) is 12.0 Å². The van der Waals surface area contributed by atoms with E-state index in [0.717, 1.165) is 17.0 Å². The van der Waals surface area contributed by atoms with Gasteiger partial charge in [-0.1, -0.05) is 23.7 Å². The van der Waals surface area contributed by atoms with Crippen LogP contribution in [0.4, 0.5) is 0 Å². The molecule has 1 aromatic carbocycles. The molecule has 1 aliphatic rings. The van der Waals surface area contributed by atoms with Gasteiger partial charge in [0.05, 0.1) is 6.10 Å². The number of aliphatic hydroxyl groups is 1. The molecule has 0 radical (unpaired) electrons. The number of benzene rings is 1. The number of rotatable bonds is 3. The van der Waals surface area contributed by atoms with Gasteiger partial charge in [-0.3, -0.25) is 0 Å². The van der Waals surface area contributed by atoms with Crippen molar-refractivity contribution in [2.45, 2.75) is 37.7 Å². The summed E-state index contributed by atoms with van der Waals surface area (Å²) in [7, 11) is 0. The molecule has 2 aromatic rings. The second-order valence-corrected chi connectivity index (χ2v) is 6.64. The Hall–Kier alpha value is -0.830. The Morgan fingerprint density at radius 2 is 2.26 bits per heavy atom. The lowest BCUT2D eigenvalue weighted by Gasteiger charge is -2.27. The molecule has 1 aromatic heterocycles. The minimum Gasteiger partial charge on any atom is -0.392 e. The Bertz CT molecular complexity index is 563. The van der Waals surface area contributed by atoms with Crippen molar-refractivity contribution in [3.05, 3.63) is 56.7 Å². The molecule has 2 atom stereocenters. The van der Waals surface area contributed by atoms with E-state index in [0.29, 0.717) is 6.42 Å². The van der Waals surface area contributed by atoms with Gasteiger partial charge in [0.25, 0.3) is 0 Å². The second-order valence-electron chi connectivity index (χ2n) is 5.20. The summed E-state index contributed by atoms with van der Waals surface area (Å²) in [5.74, 6) is 0.286. The van der Waals surface area contributed by atoms with Crippen molar-refractivity contribution in [3.63, 3.8) is 0 Å². The number of thiophene rings is 1. The highest BCUT2D eigenvalue weighted by atomic mass is 35.5. The SMILES string of the molecule is OC(Cc1cccc(Cl)c1)C1CCCc2sccc21. The molecular formula is C16H17ClOS. The molecule has 1 nitrogen and oxygen atoms in total. The molecule has 0 spiro atoms. The van der Waals surface area contributed by atoms with E-state index in [1.807, 2.05) is 35.6 Å². The number of fused-ring (bicyclic) bond motifs is 1. The molecule has 0 amide bonds. The number of hydrogen-bond acceptors (Lipinski definition) is 2. The lowest BCUT2D eigenvalue weighted by atomic mass is 9.82. The van der Waals surface area contributed by atoms with Gasteiger partial charge >= 0.3 is 0 Å². The zero-order chi connectivity index (χ0) is 13.2. The van der Waals surface area contributed by atoms with E-state index in [4.69, 9.17) is 11.6 Å². The van der Waals surface area contributed by atoms with E-state index in [9.17, 15) is 5.11 Å². The monoisotopic (exact) mass is 292 g/mol. The van der Waals surface area contributed by atoms with Crippen molar-refractivity contribution in [2.24, 2.45) is 0 Å². The molecule has 0 saturated heterocycles. The van der Waals surface area contributed by atoms with Gasteiger partial charge in [-0.05, 0) is 60.4 Å². The molecule has 0 saturated carbocycles. The van der Waals surface area contributed by atoms with E-state index in [1.54, 1.807) is 0 Å². The van der Waals surface area contributed by atoms with Crippen molar-refractivity contribution in [3.8, 4) is 0 Å². The van der Waals surface area contributed by atoms with Crippen molar-refractivity contribution in [1.82, 2.24) is 0 Å². The Kier molecular flexibility index (Phi) is 3.92. The van der Waals surface area contributed by atoms with Crippen LogP contribution in [0.3, 0.4) is 0 Å². The zero-order valence-corrected chi connectivity index (χ0v) is 12.3. The standard InChI is InChI=1S/C16H17ClOS/c17-12-4-1-3-11(9-12)10-15(18)13-5-2-6-16-14(13)7-8-19-16/h1,3-4,7-9,13,15,18H,2,5-6,10H2. The van der Waals surface area contributed by atoms with Gasteiger partial charge < -0.3 is 5.11 Å². The first-order valence-electron chi connectivity index (χ1n) is 6.73. The van der Waals surface area contributed by atoms with Crippen LogP contribution >= 0.6 is 22.9 Å². The fourth-order valence-corrected chi connectivity index (χ4v) is 4.18. The van der Waals surface area contributed by atoms with Crippen molar-refractivity contribution < 1.29 is 5.11 Å². The van der Waals surface area contributed by atoms with Gasteiger partial charge in [0.15, 0.2) is 0 Å². The molecule has 1 N–H and O–H groups in total. The number of halogens is 1. The maximum atomic E-state index is 10.5. The highest BCUT2D eigenvalue weighted by molar-refractivity contribution is 7.10. The van der Waals surface area contributed by atoms with Crippen molar-refractivity contribution >= 4 is 22.9 Å². The molecule has 2 unspecified atom stereocenters. The third-order valence-electron chi connectivity index (χ3n) is 3.90. The van der Waals surface area contributed by atoms with Crippen LogP contribution in [0.2, 0.25) is 5.02 Å². The van der Waals surface area contributed by atoms with Gasteiger partial charge in [0, 0.05) is 15.8 Å². The largest absolute Gasteiger partial charge is 0.392 e. The Morgan fingerprint density at radius 1 is 1.37 bits per heavy atom. The van der Waals surface area contributed by atoms with E-state index in [2.05, 4.69) is 11.4 Å².